The van der Waals surface area contributed by atoms with Gasteiger partial charge in [-0.15, -0.1) is 0 Å². The fraction of sp³-hybridized carbons (Fsp3) is 0.500. The molecular weight excluding hydrogens is 302 g/mol. The molecule has 1 aromatic carbocycles. The number of nitrogens with zero attached hydrogens (tertiary/aromatic N) is 3. The first-order valence-electron chi connectivity index (χ1n) is 7.63. The van der Waals surface area contributed by atoms with Crippen LogP contribution in [0.5, 0.6) is 0 Å². The van der Waals surface area contributed by atoms with E-state index in [1.807, 2.05) is 28.9 Å². The van der Waals surface area contributed by atoms with Crippen molar-refractivity contribution in [3.05, 3.63) is 46.5 Å². The Bertz CT molecular complexity index is 624. The summed E-state index contributed by atoms with van der Waals surface area (Å²) in [5.74, 6) is 2.07. The highest BCUT2D eigenvalue weighted by atomic mass is 35.5. The van der Waals surface area contributed by atoms with Crippen molar-refractivity contribution in [2.75, 3.05) is 19.8 Å². The number of aliphatic hydroxyl groups excluding tert-OH is 1. The van der Waals surface area contributed by atoms with E-state index in [1.165, 1.54) is 0 Å². The molecule has 0 bridgehead atoms. The van der Waals surface area contributed by atoms with Crippen LogP contribution < -0.4 is 0 Å². The number of aliphatic hydroxyl groups is 1. The van der Waals surface area contributed by atoms with Gasteiger partial charge in [-0.05, 0) is 30.5 Å². The lowest BCUT2D eigenvalue weighted by Crippen LogP contribution is -2.11. The van der Waals surface area contributed by atoms with Crippen molar-refractivity contribution in [1.82, 2.24) is 14.8 Å². The van der Waals surface area contributed by atoms with Gasteiger partial charge in [0.05, 0.1) is 6.61 Å². The second kappa shape index (κ2) is 7.22. The third kappa shape index (κ3) is 3.66. The molecule has 0 saturated carbocycles. The van der Waals surface area contributed by atoms with Crippen LogP contribution in [0.2, 0.25) is 5.02 Å². The Morgan fingerprint density at radius 3 is 3.05 bits per heavy atom. The number of aromatic nitrogens is 3. The van der Waals surface area contributed by atoms with Crippen molar-refractivity contribution in [2.45, 2.75) is 31.7 Å². The zero-order chi connectivity index (χ0) is 15.4. The Hall–Kier alpha value is -1.43. The van der Waals surface area contributed by atoms with Crippen molar-refractivity contribution in [3.8, 4) is 0 Å². The summed E-state index contributed by atoms with van der Waals surface area (Å²) in [5, 5.41) is 14.4. The van der Waals surface area contributed by atoms with Crippen molar-refractivity contribution >= 4 is 11.6 Å². The molecule has 1 aromatic heterocycles. The zero-order valence-electron chi connectivity index (χ0n) is 12.4. The highest BCUT2D eigenvalue weighted by Gasteiger charge is 2.24. The molecule has 0 radical (unpaired) electrons. The SMILES string of the molecule is OCCCn1nc(Cc2cccc(Cl)c2)nc1[C@H]1CCOC1. The maximum absolute atomic E-state index is 9.06. The maximum atomic E-state index is 9.06. The van der Waals surface area contributed by atoms with E-state index in [0.29, 0.717) is 31.9 Å². The Kier molecular flexibility index (Phi) is 5.08. The lowest BCUT2D eigenvalue weighted by atomic mass is 10.1. The molecule has 2 heterocycles. The second-order valence-electron chi connectivity index (χ2n) is 5.55. The third-order valence-electron chi connectivity index (χ3n) is 3.82. The summed E-state index contributed by atoms with van der Waals surface area (Å²) in [6.45, 7) is 2.32. The van der Waals surface area contributed by atoms with Crippen LogP contribution in [0.25, 0.3) is 0 Å². The topological polar surface area (TPSA) is 60.2 Å². The van der Waals surface area contributed by atoms with E-state index in [4.69, 9.17) is 26.4 Å². The van der Waals surface area contributed by atoms with Crippen LogP contribution in [0.1, 0.15) is 36.0 Å². The predicted molar refractivity (Wildman–Crippen MR) is 84.2 cm³/mol. The summed E-state index contributed by atoms with van der Waals surface area (Å²) in [5.41, 5.74) is 1.10. The minimum Gasteiger partial charge on any atom is -0.396 e. The van der Waals surface area contributed by atoms with Gasteiger partial charge in [-0.25, -0.2) is 9.67 Å². The lowest BCUT2D eigenvalue weighted by Gasteiger charge is -2.08. The number of ether oxygens (including phenoxy) is 1. The Labute approximate surface area is 134 Å². The minimum atomic E-state index is 0.157. The average Bonchev–Trinajstić information content (AvgIpc) is 3.14. The molecule has 1 N–H and O–H groups in total. The largest absolute Gasteiger partial charge is 0.396 e. The summed E-state index contributed by atoms with van der Waals surface area (Å²) in [4.78, 5) is 4.72. The number of rotatable bonds is 6. The molecule has 3 rings (SSSR count). The highest BCUT2D eigenvalue weighted by Crippen LogP contribution is 2.24. The second-order valence-corrected chi connectivity index (χ2v) is 5.99. The molecule has 6 heteroatoms. The van der Waals surface area contributed by atoms with Gasteiger partial charge in [-0.3, -0.25) is 0 Å². The molecule has 1 fully saturated rings. The normalized spacial score (nSPS) is 18.0. The van der Waals surface area contributed by atoms with Crippen molar-refractivity contribution in [1.29, 1.82) is 0 Å². The van der Waals surface area contributed by atoms with Crippen LogP contribution in [0.4, 0.5) is 0 Å². The number of aryl methyl sites for hydroxylation is 1. The smallest absolute Gasteiger partial charge is 0.155 e. The van der Waals surface area contributed by atoms with Gasteiger partial charge in [0.2, 0.25) is 0 Å². The third-order valence-corrected chi connectivity index (χ3v) is 4.05. The average molecular weight is 322 g/mol. The van der Waals surface area contributed by atoms with E-state index in [2.05, 4.69) is 5.10 Å². The summed E-state index contributed by atoms with van der Waals surface area (Å²) >= 11 is 6.03. The molecule has 5 nitrogen and oxygen atoms in total. The van der Waals surface area contributed by atoms with E-state index in [-0.39, 0.29) is 6.61 Å². The van der Waals surface area contributed by atoms with Crippen LogP contribution >= 0.6 is 11.6 Å². The Morgan fingerprint density at radius 2 is 2.32 bits per heavy atom. The summed E-state index contributed by atoms with van der Waals surface area (Å²) < 4.78 is 7.39. The van der Waals surface area contributed by atoms with E-state index in [0.717, 1.165) is 35.3 Å². The number of benzene rings is 1. The van der Waals surface area contributed by atoms with Crippen LogP contribution in [0.15, 0.2) is 24.3 Å². The van der Waals surface area contributed by atoms with E-state index in [1.54, 1.807) is 0 Å². The monoisotopic (exact) mass is 321 g/mol. The quantitative estimate of drug-likeness (QED) is 0.887. The van der Waals surface area contributed by atoms with Gasteiger partial charge in [0.1, 0.15) is 5.82 Å². The molecule has 2 aromatic rings. The molecule has 22 heavy (non-hydrogen) atoms. The van der Waals surface area contributed by atoms with Crippen LogP contribution in [-0.4, -0.2) is 39.7 Å². The predicted octanol–water partition coefficient (Wildman–Crippen LogP) is 2.41. The molecule has 1 aliphatic rings. The minimum absolute atomic E-state index is 0.157. The van der Waals surface area contributed by atoms with E-state index < -0.39 is 0 Å². The molecule has 118 valence electrons. The van der Waals surface area contributed by atoms with Crippen LogP contribution in [0, 0.1) is 0 Å². The molecule has 0 spiro atoms. The van der Waals surface area contributed by atoms with Crippen LogP contribution in [0.3, 0.4) is 0 Å². The maximum Gasteiger partial charge on any atom is 0.155 e. The molecule has 0 aliphatic carbocycles. The van der Waals surface area contributed by atoms with Crippen molar-refractivity contribution < 1.29 is 9.84 Å². The van der Waals surface area contributed by atoms with Gasteiger partial charge in [0.25, 0.3) is 0 Å². The first kappa shape index (κ1) is 15.5. The molecule has 0 amide bonds. The summed E-state index contributed by atoms with van der Waals surface area (Å²) in [6, 6.07) is 7.76. The van der Waals surface area contributed by atoms with Crippen molar-refractivity contribution in [3.63, 3.8) is 0 Å². The summed E-state index contributed by atoms with van der Waals surface area (Å²) in [6.07, 6.45) is 2.32. The zero-order valence-corrected chi connectivity index (χ0v) is 13.2. The van der Waals surface area contributed by atoms with Gasteiger partial charge in [0.15, 0.2) is 5.82 Å². The Morgan fingerprint density at radius 1 is 1.41 bits per heavy atom. The fourth-order valence-electron chi connectivity index (χ4n) is 2.73. The van der Waals surface area contributed by atoms with E-state index in [9.17, 15) is 0 Å². The molecular formula is C16H20ClN3O2. The molecule has 1 atom stereocenters. The first-order chi connectivity index (χ1) is 10.8. The van der Waals surface area contributed by atoms with E-state index >= 15 is 0 Å². The number of hydrogen-bond acceptors (Lipinski definition) is 4. The first-order valence-corrected chi connectivity index (χ1v) is 8.00. The van der Waals surface area contributed by atoms with Gasteiger partial charge in [0, 0.05) is 37.1 Å². The standard InChI is InChI=1S/C16H20ClN3O2/c17-14-4-1-3-12(9-14)10-15-18-16(13-5-8-22-11-13)20(19-15)6-2-7-21/h1,3-4,9,13,21H,2,5-8,10-11H2/t13-/m0/s1. The number of halogens is 1. The fourth-order valence-corrected chi connectivity index (χ4v) is 2.95. The van der Waals surface area contributed by atoms with Gasteiger partial charge in [-0.2, -0.15) is 5.10 Å². The lowest BCUT2D eigenvalue weighted by molar-refractivity contribution is 0.192. The van der Waals surface area contributed by atoms with Gasteiger partial charge < -0.3 is 9.84 Å². The van der Waals surface area contributed by atoms with Crippen molar-refractivity contribution in [2.24, 2.45) is 0 Å². The summed E-state index contributed by atoms with van der Waals surface area (Å²) in [7, 11) is 0. The molecule has 1 saturated heterocycles. The highest BCUT2D eigenvalue weighted by molar-refractivity contribution is 6.30. The molecule has 1 aliphatic heterocycles. The molecule has 0 unspecified atom stereocenters. The van der Waals surface area contributed by atoms with Crippen LogP contribution in [-0.2, 0) is 17.7 Å². The Balaban J connectivity index is 1.81. The van der Waals surface area contributed by atoms with Gasteiger partial charge in [-0.1, -0.05) is 23.7 Å². The van der Waals surface area contributed by atoms with Gasteiger partial charge >= 0.3 is 0 Å². The number of hydrogen-bond donors (Lipinski definition) is 1.